The number of ether oxygens (including phenoxy) is 1. The maximum absolute atomic E-state index is 8.90. The quantitative estimate of drug-likeness (QED) is 0.755. The van der Waals surface area contributed by atoms with E-state index in [4.69, 9.17) is 9.84 Å². The average Bonchev–Trinajstić information content (AvgIpc) is 2.39. The Kier molecular flexibility index (Phi) is 6.63. The first kappa shape index (κ1) is 14.0. The van der Waals surface area contributed by atoms with Crippen LogP contribution in [0.1, 0.15) is 45.1 Å². The van der Waals surface area contributed by atoms with Crippen molar-refractivity contribution in [3.8, 4) is 5.88 Å². The molecule has 0 bridgehead atoms. The van der Waals surface area contributed by atoms with Crippen LogP contribution in [0.15, 0.2) is 18.3 Å². The molecule has 0 radical (unpaired) electrons. The molecule has 17 heavy (non-hydrogen) atoms. The minimum atomic E-state index is 0.0291. The number of hydrogen-bond donors (Lipinski definition) is 1. The predicted octanol–water partition coefficient (Wildman–Crippen LogP) is 3.17. The van der Waals surface area contributed by atoms with Gasteiger partial charge in [0.05, 0.1) is 13.2 Å². The molecule has 96 valence electrons. The normalized spacial score (nSPS) is 12.4. The molecule has 0 fully saturated rings. The molecule has 0 aliphatic rings. The van der Waals surface area contributed by atoms with Gasteiger partial charge in [0, 0.05) is 12.3 Å². The first-order chi connectivity index (χ1) is 8.30. The van der Waals surface area contributed by atoms with E-state index in [-0.39, 0.29) is 6.61 Å². The highest BCUT2D eigenvalue weighted by atomic mass is 16.5. The molecule has 0 aromatic carbocycles. The van der Waals surface area contributed by atoms with Gasteiger partial charge in [0.2, 0.25) is 5.88 Å². The van der Waals surface area contributed by atoms with E-state index in [1.54, 1.807) is 6.20 Å². The van der Waals surface area contributed by atoms with Crippen molar-refractivity contribution in [2.24, 2.45) is 5.92 Å². The van der Waals surface area contributed by atoms with E-state index in [0.29, 0.717) is 11.8 Å². The van der Waals surface area contributed by atoms with Crippen molar-refractivity contribution in [2.75, 3.05) is 6.61 Å². The van der Waals surface area contributed by atoms with Crippen molar-refractivity contribution >= 4 is 0 Å². The fraction of sp³-hybridized carbons (Fsp3) is 0.643. The van der Waals surface area contributed by atoms with E-state index in [9.17, 15) is 0 Å². The third-order valence-corrected chi connectivity index (χ3v) is 2.99. The molecule has 3 nitrogen and oxygen atoms in total. The van der Waals surface area contributed by atoms with Crippen LogP contribution in [0.5, 0.6) is 5.88 Å². The number of pyridine rings is 1. The summed E-state index contributed by atoms with van der Waals surface area (Å²) in [6.07, 6.45) is 6.53. The van der Waals surface area contributed by atoms with E-state index in [2.05, 4.69) is 18.8 Å². The van der Waals surface area contributed by atoms with Gasteiger partial charge in [-0.05, 0) is 24.0 Å². The zero-order valence-electron chi connectivity index (χ0n) is 10.9. The number of aromatic nitrogens is 1. The molecule has 0 spiro atoms. The molecule has 0 amide bonds. The Hall–Kier alpha value is -1.09. The lowest BCUT2D eigenvalue weighted by Gasteiger charge is -2.14. The van der Waals surface area contributed by atoms with Crippen LogP contribution in [-0.2, 0) is 6.61 Å². The Bertz CT molecular complexity index is 298. The molecule has 0 aliphatic heterocycles. The lowest BCUT2D eigenvalue weighted by molar-refractivity contribution is 0.225. The zero-order valence-corrected chi connectivity index (χ0v) is 10.9. The topological polar surface area (TPSA) is 42.4 Å². The molecule has 0 saturated carbocycles. The second-order valence-electron chi connectivity index (χ2n) is 4.39. The van der Waals surface area contributed by atoms with Gasteiger partial charge >= 0.3 is 0 Å². The summed E-state index contributed by atoms with van der Waals surface area (Å²) in [6.45, 7) is 5.18. The van der Waals surface area contributed by atoms with E-state index in [1.165, 1.54) is 19.3 Å². The molecule has 1 atom stereocenters. The number of unbranched alkanes of at least 4 members (excludes halogenated alkanes) is 1. The highest BCUT2D eigenvalue weighted by Crippen LogP contribution is 2.15. The molecule has 0 saturated heterocycles. The molecule has 1 unspecified atom stereocenters. The Labute approximate surface area is 104 Å². The molecule has 1 heterocycles. The van der Waals surface area contributed by atoms with Crippen molar-refractivity contribution in [1.29, 1.82) is 0 Å². The lowest BCUT2D eigenvalue weighted by atomic mass is 10.0. The predicted molar refractivity (Wildman–Crippen MR) is 69.0 cm³/mol. The lowest BCUT2D eigenvalue weighted by Crippen LogP contribution is -2.11. The molecule has 1 aromatic heterocycles. The number of nitrogens with zero attached hydrogens (tertiary/aromatic N) is 1. The minimum Gasteiger partial charge on any atom is -0.477 e. The molecular formula is C14H23NO2. The number of hydrogen-bond acceptors (Lipinski definition) is 3. The van der Waals surface area contributed by atoms with Gasteiger partial charge in [0.1, 0.15) is 0 Å². The SMILES string of the molecule is CCCCC(CC)COc1ccc(CO)cn1. The summed E-state index contributed by atoms with van der Waals surface area (Å²) in [7, 11) is 0. The highest BCUT2D eigenvalue weighted by molar-refractivity contribution is 5.16. The van der Waals surface area contributed by atoms with Gasteiger partial charge in [-0.2, -0.15) is 0 Å². The third-order valence-electron chi connectivity index (χ3n) is 2.99. The Balaban J connectivity index is 2.36. The number of aliphatic hydroxyl groups is 1. The van der Waals surface area contributed by atoms with Crippen molar-refractivity contribution in [3.05, 3.63) is 23.9 Å². The molecular weight excluding hydrogens is 214 g/mol. The first-order valence-electron chi connectivity index (χ1n) is 6.48. The van der Waals surface area contributed by atoms with E-state index in [1.807, 2.05) is 12.1 Å². The van der Waals surface area contributed by atoms with Gasteiger partial charge in [-0.15, -0.1) is 0 Å². The smallest absolute Gasteiger partial charge is 0.213 e. The van der Waals surface area contributed by atoms with E-state index >= 15 is 0 Å². The van der Waals surface area contributed by atoms with Crippen LogP contribution in [0.4, 0.5) is 0 Å². The van der Waals surface area contributed by atoms with Gasteiger partial charge in [-0.25, -0.2) is 4.98 Å². The maximum atomic E-state index is 8.90. The Morgan fingerprint density at radius 1 is 1.35 bits per heavy atom. The third kappa shape index (κ3) is 5.18. The van der Waals surface area contributed by atoms with Crippen LogP contribution in [0.3, 0.4) is 0 Å². The van der Waals surface area contributed by atoms with Crippen molar-refractivity contribution in [2.45, 2.75) is 46.1 Å². The monoisotopic (exact) mass is 237 g/mol. The zero-order chi connectivity index (χ0) is 12.5. The number of aliphatic hydroxyl groups excluding tert-OH is 1. The van der Waals surface area contributed by atoms with Crippen molar-refractivity contribution < 1.29 is 9.84 Å². The Morgan fingerprint density at radius 3 is 2.71 bits per heavy atom. The van der Waals surface area contributed by atoms with Crippen molar-refractivity contribution in [1.82, 2.24) is 4.98 Å². The molecule has 1 rings (SSSR count). The van der Waals surface area contributed by atoms with Gasteiger partial charge in [0.25, 0.3) is 0 Å². The largest absolute Gasteiger partial charge is 0.477 e. The highest BCUT2D eigenvalue weighted by Gasteiger charge is 2.07. The maximum Gasteiger partial charge on any atom is 0.213 e. The van der Waals surface area contributed by atoms with Crippen LogP contribution in [-0.4, -0.2) is 16.7 Å². The minimum absolute atomic E-state index is 0.0291. The summed E-state index contributed by atoms with van der Waals surface area (Å²) in [6, 6.07) is 3.66. The van der Waals surface area contributed by atoms with Gasteiger partial charge < -0.3 is 9.84 Å². The summed E-state index contributed by atoms with van der Waals surface area (Å²) in [5.74, 6) is 1.27. The van der Waals surface area contributed by atoms with Crippen LogP contribution < -0.4 is 4.74 Å². The van der Waals surface area contributed by atoms with Crippen LogP contribution in [0, 0.1) is 5.92 Å². The second-order valence-corrected chi connectivity index (χ2v) is 4.39. The van der Waals surface area contributed by atoms with Crippen LogP contribution in [0.25, 0.3) is 0 Å². The second kappa shape index (κ2) is 8.07. The van der Waals surface area contributed by atoms with Gasteiger partial charge in [-0.3, -0.25) is 0 Å². The molecule has 0 aliphatic carbocycles. The summed E-state index contributed by atoms with van der Waals surface area (Å²) < 4.78 is 5.66. The standard InChI is InChI=1S/C14H23NO2/c1-3-5-6-12(4-2)11-17-14-8-7-13(10-16)9-15-14/h7-9,12,16H,3-6,10-11H2,1-2H3. The number of rotatable bonds is 8. The Morgan fingerprint density at radius 2 is 2.18 bits per heavy atom. The fourth-order valence-corrected chi connectivity index (χ4v) is 1.69. The molecule has 1 N–H and O–H groups in total. The molecule has 3 heteroatoms. The van der Waals surface area contributed by atoms with E-state index < -0.39 is 0 Å². The summed E-state index contributed by atoms with van der Waals surface area (Å²) in [4.78, 5) is 4.15. The van der Waals surface area contributed by atoms with E-state index in [0.717, 1.165) is 18.6 Å². The average molecular weight is 237 g/mol. The van der Waals surface area contributed by atoms with Crippen molar-refractivity contribution in [3.63, 3.8) is 0 Å². The summed E-state index contributed by atoms with van der Waals surface area (Å²) >= 11 is 0. The molecule has 1 aromatic rings. The summed E-state index contributed by atoms with van der Waals surface area (Å²) in [5.41, 5.74) is 0.815. The van der Waals surface area contributed by atoms with Crippen LogP contribution >= 0.6 is 0 Å². The fourth-order valence-electron chi connectivity index (χ4n) is 1.69. The van der Waals surface area contributed by atoms with Crippen LogP contribution in [0.2, 0.25) is 0 Å². The summed E-state index contributed by atoms with van der Waals surface area (Å²) in [5, 5.41) is 8.90. The van der Waals surface area contributed by atoms with Gasteiger partial charge in [-0.1, -0.05) is 33.1 Å². The van der Waals surface area contributed by atoms with Gasteiger partial charge in [0.15, 0.2) is 0 Å². The first-order valence-corrected chi connectivity index (χ1v) is 6.48.